The number of fused-ring (bicyclic) bond motifs is 1. The molecule has 9 heteroatoms. The van der Waals surface area contributed by atoms with Gasteiger partial charge in [-0.05, 0) is 36.4 Å². The Kier molecular flexibility index (Phi) is 5.36. The Balaban J connectivity index is 1.89. The number of hydrogen-bond donors (Lipinski definition) is 2. The fourth-order valence-corrected chi connectivity index (χ4v) is 4.73. The van der Waals surface area contributed by atoms with Crippen LogP contribution in [0.5, 0.6) is 5.75 Å². The van der Waals surface area contributed by atoms with E-state index in [1.165, 1.54) is 37.1 Å². The van der Waals surface area contributed by atoms with E-state index in [-0.39, 0.29) is 16.7 Å². The predicted octanol–water partition coefficient (Wildman–Crippen LogP) is 3.83. The summed E-state index contributed by atoms with van der Waals surface area (Å²) in [5.41, 5.74) is 0.817. The highest BCUT2D eigenvalue weighted by Gasteiger charge is 2.23. The molecule has 1 atom stereocenters. The number of carbonyl (C=O) groups excluding carboxylic acids is 1. The van der Waals surface area contributed by atoms with Crippen molar-refractivity contribution in [2.45, 2.75) is 16.7 Å². The van der Waals surface area contributed by atoms with Gasteiger partial charge in [-0.1, -0.05) is 18.5 Å². The number of nitrogens with one attached hydrogen (secondary N) is 2. The van der Waals surface area contributed by atoms with Crippen molar-refractivity contribution >= 4 is 50.7 Å². The molecule has 0 saturated heterocycles. The Bertz CT molecular complexity index is 963. The average molecular weight is 413 g/mol. The molecule has 1 aliphatic heterocycles. The van der Waals surface area contributed by atoms with Crippen LogP contribution in [0.1, 0.15) is 6.92 Å². The first-order valence-corrected chi connectivity index (χ1v) is 10.6. The van der Waals surface area contributed by atoms with E-state index in [9.17, 15) is 13.2 Å². The van der Waals surface area contributed by atoms with Crippen molar-refractivity contribution in [1.29, 1.82) is 0 Å². The minimum Gasteiger partial charge on any atom is -0.495 e. The van der Waals surface area contributed by atoms with Crippen molar-refractivity contribution in [2.24, 2.45) is 5.92 Å². The zero-order valence-electron chi connectivity index (χ0n) is 14.1. The van der Waals surface area contributed by atoms with Crippen molar-refractivity contribution in [3.8, 4) is 5.75 Å². The highest BCUT2D eigenvalue weighted by molar-refractivity contribution is 7.99. The Morgan fingerprint density at radius 1 is 1.27 bits per heavy atom. The van der Waals surface area contributed by atoms with Crippen molar-refractivity contribution in [3.05, 3.63) is 41.4 Å². The molecule has 0 fully saturated rings. The molecule has 0 radical (unpaired) electrons. The summed E-state index contributed by atoms with van der Waals surface area (Å²) in [7, 11) is -2.36. The van der Waals surface area contributed by atoms with Crippen LogP contribution in [0, 0.1) is 5.92 Å². The monoisotopic (exact) mass is 412 g/mol. The molecule has 1 unspecified atom stereocenters. The molecule has 2 N–H and O–H groups in total. The average Bonchev–Trinajstić information content (AvgIpc) is 2.73. The summed E-state index contributed by atoms with van der Waals surface area (Å²) in [6.45, 7) is 1.83. The second-order valence-corrected chi connectivity index (χ2v) is 8.97. The summed E-state index contributed by atoms with van der Waals surface area (Å²) >= 11 is 7.56. The first-order chi connectivity index (χ1) is 12.3. The van der Waals surface area contributed by atoms with Crippen LogP contribution >= 0.6 is 23.4 Å². The number of ether oxygens (including phenoxy) is 1. The van der Waals surface area contributed by atoms with Gasteiger partial charge in [0.2, 0.25) is 5.91 Å². The number of halogens is 1. The third-order valence-corrected chi connectivity index (χ3v) is 6.87. The Morgan fingerprint density at radius 3 is 2.73 bits per heavy atom. The van der Waals surface area contributed by atoms with Gasteiger partial charge in [0, 0.05) is 16.6 Å². The molecule has 138 valence electrons. The van der Waals surface area contributed by atoms with E-state index in [2.05, 4.69) is 10.0 Å². The van der Waals surface area contributed by atoms with E-state index in [0.29, 0.717) is 27.9 Å². The predicted molar refractivity (Wildman–Crippen MR) is 104 cm³/mol. The third-order valence-electron chi connectivity index (χ3n) is 3.86. The second kappa shape index (κ2) is 7.38. The Hall–Kier alpha value is -1.90. The first kappa shape index (κ1) is 18.9. The molecule has 1 amide bonds. The van der Waals surface area contributed by atoms with Gasteiger partial charge in [0.15, 0.2) is 0 Å². The van der Waals surface area contributed by atoms with E-state index in [1.54, 1.807) is 18.2 Å². The molecular weight excluding hydrogens is 396 g/mol. The van der Waals surface area contributed by atoms with Crippen LogP contribution in [0.3, 0.4) is 0 Å². The van der Waals surface area contributed by atoms with Gasteiger partial charge in [-0.2, -0.15) is 0 Å². The smallest absolute Gasteiger partial charge is 0.261 e. The number of amides is 1. The number of carbonyl (C=O) groups is 1. The van der Waals surface area contributed by atoms with E-state index < -0.39 is 10.0 Å². The lowest BCUT2D eigenvalue weighted by molar-refractivity contribution is -0.118. The summed E-state index contributed by atoms with van der Waals surface area (Å²) in [5.74, 6) is 0.828. The Morgan fingerprint density at radius 2 is 2.04 bits per heavy atom. The fourth-order valence-electron chi connectivity index (χ4n) is 2.39. The molecule has 0 saturated carbocycles. The number of anilines is 2. The first-order valence-electron chi connectivity index (χ1n) is 7.74. The van der Waals surface area contributed by atoms with Gasteiger partial charge >= 0.3 is 0 Å². The van der Waals surface area contributed by atoms with Gasteiger partial charge < -0.3 is 10.1 Å². The number of hydrogen-bond acceptors (Lipinski definition) is 5. The molecular formula is C17H17ClN2O4S2. The zero-order valence-corrected chi connectivity index (χ0v) is 16.5. The summed E-state index contributed by atoms with van der Waals surface area (Å²) in [4.78, 5) is 12.9. The van der Waals surface area contributed by atoms with E-state index >= 15 is 0 Å². The largest absolute Gasteiger partial charge is 0.495 e. The second-order valence-electron chi connectivity index (χ2n) is 5.81. The van der Waals surface area contributed by atoms with Crippen LogP contribution in [-0.4, -0.2) is 27.2 Å². The summed E-state index contributed by atoms with van der Waals surface area (Å²) in [6.07, 6.45) is 0. The lowest BCUT2D eigenvalue weighted by Gasteiger charge is -2.12. The minimum atomic E-state index is -3.84. The molecule has 0 aromatic heterocycles. The van der Waals surface area contributed by atoms with E-state index in [1.807, 2.05) is 6.92 Å². The van der Waals surface area contributed by atoms with Crippen molar-refractivity contribution in [2.75, 3.05) is 22.9 Å². The van der Waals surface area contributed by atoms with Crippen molar-refractivity contribution < 1.29 is 17.9 Å². The number of sulfonamides is 1. The molecule has 3 rings (SSSR count). The van der Waals surface area contributed by atoms with Crippen LogP contribution in [0.2, 0.25) is 5.02 Å². The van der Waals surface area contributed by atoms with Crippen LogP contribution < -0.4 is 14.8 Å². The maximum atomic E-state index is 12.7. The lowest BCUT2D eigenvalue weighted by atomic mass is 10.2. The van der Waals surface area contributed by atoms with Gasteiger partial charge in [-0.15, -0.1) is 11.8 Å². The molecule has 0 spiro atoms. The SMILES string of the molecule is COc1ccc(NS(=O)(=O)c2ccc3c(c2)NC(=O)C(C)CS3)cc1Cl. The van der Waals surface area contributed by atoms with Gasteiger partial charge in [-0.3, -0.25) is 9.52 Å². The van der Waals surface area contributed by atoms with Crippen molar-refractivity contribution in [3.63, 3.8) is 0 Å². The fraction of sp³-hybridized carbons (Fsp3) is 0.235. The van der Waals surface area contributed by atoms with E-state index in [0.717, 1.165) is 4.90 Å². The minimum absolute atomic E-state index is 0.0543. The molecule has 0 bridgehead atoms. The lowest BCUT2D eigenvalue weighted by Crippen LogP contribution is -2.20. The van der Waals surface area contributed by atoms with Crippen LogP contribution in [0.25, 0.3) is 0 Å². The Labute approximate surface area is 161 Å². The molecule has 0 aliphatic carbocycles. The summed E-state index contributed by atoms with van der Waals surface area (Å²) in [5, 5.41) is 3.08. The van der Waals surface area contributed by atoms with Crippen LogP contribution in [-0.2, 0) is 14.8 Å². The van der Waals surface area contributed by atoms with Gasteiger partial charge in [0.05, 0.1) is 28.4 Å². The summed E-state index contributed by atoms with van der Waals surface area (Å²) < 4.78 is 32.9. The van der Waals surface area contributed by atoms with Crippen LogP contribution in [0.4, 0.5) is 11.4 Å². The van der Waals surface area contributed by atoms with Gasteiger partial charge in [-0.25, -0.2) is 8.42 Å². The van der Waals surface area contributed by atoms with Crippen LogP contribution in [0.15, 0.2) is 46.2 Å². The topological polar surface area (TPSA) is 84.5 Å². The van der Waals surface area contributed by atoms with Gasteiger partial charge in [0.25, 0.3) is 10.0 Å². The highest BCUT2D eigenvalue weighted by atomic mass is 35.5. The highest BCUT2D eigenvalue weighted by Crippen LogP contribution is 2.35. The molecule has 2 aromatic carbocycles. The third kappa shape index (κ3) is 3.92. The normalized spacial score (nSPS) is 17.0. The molecule has 1 aliphatic rings. The zero-order chi connectivity index (χ0) is 18.9. The number of methoxy groups -OCH3 is 1. The summed E-state index contributed by atoms with van der Waals surface area (Å²) in [6, 6.07) is 9.29. The standard InChI is InChI=1S/C17H17ClN2O4S2/c1-10-9-25-16-6-4-12(8-14(16)19-17(10)21)26(22,23)20-11-3-5-15(24-2)13(18)7-11/h3-8,10,20H,9H2,1-2H3,(H,19,21). The van der Waals surface area contributed by atoms with E-state index in [4.69, 9.17) is 16.3 Å². The molecule has 6 nitrogen and oxygen atoms in total. The molecule has 26 heavy (non-hydrogen) atoms. The number of thioether (sulfide) groups is 1. The quantitative estimate of drug-likeness (QED) is 0.797. The maximum absolute atomic E-state index is 12.7. The van der Waals surface area contributed by atoms with Crippen molar-refractivity contribution in [1.82, 2.24) is 0 Å². The van der Waals surface area contributed by atoms with Gasteiger partial charge in [0.1, 0.15) is 5.75 Å². The molecule has 2 aromatic rings. The number of benzene rings is 2. The maximum Gasteiger partial charge on any atom is 0.261 e. The molecule has 1 heterocycles. The number of rotatable bonds is 4.